The van der Waals surface area contributed by atoms with Gasteiger partial charge in [0.05, 0.1) is 12.2 Å². The zero-order valence-corrected chi connectivity index (χ0v) is 22.5. The summed E-state index contributed by atoms with van der Waals surface area (Å²) in [5, 5.41) is 33.7. The van der Waals surface area contributed by atoms with E-state index < -0.39 is 5.97 Å². The molecule has 35 heavy (non-hydrogen) atoms. The maximum Gasteiger partial charge on any atom is 0.322 e. The maximum absolute atomic E-state index is 12.4. The van der Waals surface area contributed by atoms with Gasteiger partial charge in [0.1, 0.15) is 6.54 Å². The fraction of sp³-hybridized carbons (Fsp3) is 0.931. The molecule has 4 saturated carbocycles. The molecular weight excluding hydrogens is 442 g/mol. The number of hydrogen-bond donors (Lipinski definition) is 4. The number of aliphatic carboxylic acids is 1. The van der Waals surface area contributed by atoms with Crippen molar-refractivity contribution in [3.8, 4) is 0 Å². The van der Waals surface area contributed by atoms with Crippen molar-refractivity contribution in [1.29, 1.82) is 0 Å². The molecule has 200 valence electrons. The number of nitrogens with one attached hydrogen (secondary N) is 1. The molecule has 4 aliphatic carbocycles. The number of hydrogen-bond acceptors (Lipinski definition) is 4. The van der Waals surface area contributed by atoms with E-state index in [2.05, 4.69) is 33.0 Å². The molecule has 0 aliphatic heterocycles. The highest BCUT2D eigenvalue weighted by atomic mass is 16.4. The number of amides is 1. The van der Waals surface area contributed by atoms with Crippen molar-refractivity contribution < 1.29 is 24.9 Å². The average Bonchev–Trinajstić information content (AvgIpc) is 3.16. The molecule has 0 aromatic heterocycles. The molecule has 0 aromatic rings. The van der Waals surface area contributed by atoms with Crippen molar-refractivity contribution in [2.24, 2.45) is 58.2 Å². The van der Waals surface area contributed by atoms with Crippen LogP contribution in [-0.2, 0) is 9.59 Å². The Morgan fingerprint density at radius 2 is 1.63 bits per heavy atom. The van der Waals surface area contributed by atoms with Gasteiger partial charge < -0.3 is 20.6 Å². The van der Waals surface area contributed by atoms with Gasteiger partial charge in [-0.05, 0) is 104 Å². The maximum atomic E-state index is 12.4. The van der Waals surface area contributed by atoms with Crippen LogP contribution in [0.4, 0.5) is 0 Å². The monoisotopic (exact) mass is 491 g/mol. The second-order valence-corrected chi connectivity index (χ2v) is 13.3. The van der Waals surface area contributed by atoms with E-state index in [1.807, 2.05) is 6.92 Å². The number of carboxylic acid groups (broad SMARTS) is 1. The number of aliphatic hydroxyl groups excluding tert-OH is 2. The largest absolute Gasteiger partial charge is 0.480 e. The standard InChI is InChI=1S/C29H49NO5/c1-6-19-23-14-18(31)9-11-29(23,5)22-10-12-28(4)20(7-8-21(28)25(22)26(19)34)16(2)13-17(3)27(35)30-15-24(32)33/h16-23,25-26,31,34H,6-15H2,1-5H3,(H,30,35)(H,32,33)/t16-,17-,18+,19+,20+,21?,22?,23-,25?,26+,28+,29+/m0/s1. The molecule has 0 aromatic carbocycles. The minimum Gasteiger partial charge on any atom is -0.480 e. The van der Waals surface area contributed by atoms with Crippen LogP contribution in [0.1, 0.15) is 92.4 Å². The first kappa shape index (κ1) is 26.9. The van der Waals surface area contributed by atoms with E-state index in [0.29, 0.717) is 35.5 Å². The highest BCUT2D eigenvalue weighted by molar-refractivity contribution is 5.82. The topological polar surface area (TPSA) is 107 Å². The van der Waals surface area contributed by atoms with Crippen molar-refractivity contribution >= 4 is 11.9 Å². The quantitative estimate of drug-likeness (QED) is 0.420. The number of carbonyl (C=O) groups excluding carboxylic acids is 1. The van der Waals surface area contributed by atoms with Crippen molar-refractivity contribution in [2.45, 2.75) is 105 Å². The summed E-state index contributed by atoms with van der Waals surface area (Å²) in [6, 6.07) is 0. The SMILES string of the molecule is CC[C@H]1[C@@H](O)C2C3CC[C@H]([C@@H](C)C[C@H](C)C(=O)NCC(=O)O)[C@@]3(C)CCC2[C@@]2(C)CC[C@@H](O)C[C@@H]12. The molecule has 4 aliphatic rings. The van der Waals surface area contributed by atoms with Gasteiger partial charge in [-0.15, -0.1) is 0 Å². The van der Waals surface area contributed by atoms with Crippen LogP contribution in [0.5, 0.6) is 0 Å². The van der Waals surface area contributed by atoms with E-state index in [9.17, 15) is 19.8 Å². The minimum atomic E-state index is -1.01. The number of carbonyl (C=O) groups is 2. The normalized spacial score (nSPS) is 46.6. The number of fused-ring (bicyclic) bond motifs is 5. The number of carboxylic acids is 1. The lowest BCUT2D eigenvalue weighted by molar-refractivity contribution is -0.203. The highest BCUT2D eigenvalue weighted by Crippen LogP contribution is 2.69. The Kier molecular flexibility index (Phi) is 7.66. The van der Waals surface area contributed by atoms with E-state index in [0.717, 1.165) is 51.4 Å². The Bertz CT molecular complexity index is 802. The van der Waals surface area contributed by atoms with Gasteiger partial charge in [-0.2, -0.15) is 0 Å². The smallest absolute Gasteiger partial charge is 0.322 e. The summed E-state index contributed by atoms with van der Waals surface area (Å²) >= 11 is 0. The van der Waals surface area contributed by atoms with E-state index in [4.69, 9.17) is 5.11 Å². The Balaban J connectivity index is 1.52. The second kappa shape index (κ2) is 9.96. The lowest BCUT2D eigenvalue weighted by Gasteiger charge is -2.64. The fourth-order valence-electron chi connectivity index (χ4n) is 10.1. The third-order valence-corrected chi connectivity index (χ3v) is 11.7. The van der Waals surface area contributed by atoms with Crippen LogP contribution in [0, 0.1) is 58.2 Å². The summed E-state index contributed by atoms with van der Waals surface area (Å²) in [5.74, 6) is 1.58. The van der Waals surface area contributed by atoms with E-state index in [1.54, 1.807) is 0 Å². The Morgan fingerprint density at radius 1 is 0.971 bits per heavy atom. The molecule has 0 bridgehead atoms. The average molecular weight is 492 g/mol. The van der Waals surface area contributed by atoms with E-state index >= 15 is 0 Å². The summed E-state index contributed by atoms with van der Waals surface area (Å²) in [6.07, 6.45) is 8.71. The molecule has 3 unspecified atom stereocenters. The zero-order chi connectivity index (χ0) is 25.7. The molecule has 4 N–H and O–H groups in total. The Morgan fingerprint density at radius 3 is 2.29 bits per heavy atom. The van der Waals surface area contributed by atoms with Crippen LogP contribution >= 0.6 is 0 Å². The second-order valence-electron chi connectivity index (χ2n) is 13.3. The van der Waals surface area contributed by atoms with Crippen molar-refractivity contribution in [1.82, 2.24) is 5.32 Å². The van der Waals surface area contributed by atoms with Crippen LogP contribution < -0.4 is 5.32 Å². The third kappa shape index (κ3) is 4.56. The molecule has 0 radical (unpaired) electrons. The lowest BCUT2D eigenvalue weighted by atomic mass is 9.41. The Hall–Kier alpha value is -1.14. The minimum absolute atomic E-state index is 0.172. The number of rotatable bonds is 7. The van der Waals surface area contributed by atoms with Gasteiger partial charge in [-0.1, -0.05) is 41.0 Å². The molecule has 0 heterocycles. The molecule has 0 saturated heterocycles. The van der Waals surface area contributed by atoms with Crippen LogP contribution in [-0.4, -0.2) is 45.9 Å². The lowest BCUT2D eigenvalue weighted by Crippen LogP contribution is -2.62. The number of aliphatic hydroxyl groups is 2. The van der Waals surface area contributed by atoms with Gasteiger partial charge in [-0.3, -0.25) is 9.59 Å². The summed E-state index contributed by atoms with van der Waals surface area (Å²) in [7, 11) is 0. The van der Waals surface area contributed by atoms with Gasteiger partial charge in [0.15, 0.2) is 0 Å². The first-order chi connectivity index (χ1) is 16.4. The summed E-state index contributed by atoms with van der Waals surface area (Å²) in [5.41, 5.74) is 0.389. The summed E-state index contributed by atoms with van der Waals surface area (Å²) in [6.45, 7) is 11.0. The van der Waals surface area contributed by atoms with Gasteiger partial charge in [0.2, 0.25) is 5.91 Å². The molecule has 6 nitrogen and oxygen atoms in total. The first-order valence-corrected chi connectivity index (χ1v) is 14.3. The molecule has 12 atom stereocenters. The van der Waals surface area contributed by atoms with Crippen LogP contribution in [0.3, 0.4) is 0 Å². The van der Waals surface area contributed by atoms with Crippen molar-refractivity contribution in [3.05, 3.63) is 0 Å². The van der Waals surface area contributed by atoms with E-state index in [1.165, 1.54) is 6.42 Å². The van der Waals surface area contributed by atoms with Gasteiger partial charge in [-0.25, -0.2) is 0 Å². The van der Waals surface area contributed by atoms with Gasteiger partial charge >= 0.3 is 5.97 Å². The van der Waals surface area contributed by atoms with Gasteiger partial charge in [0, 0.05) is 5.92 Å². The zero-order valence-electron chi connectivity index (χ0n) is 22.5. The molecular formula is C29H49NO5. The predicted molar refractivity (Wildman–Crippen MR) is 135 cm³/mol. The van der Waals surface area contributed by atoms with Gasteiger partial charge in [0.25, 0.3) is 0 Å². The summed E-state index contributed by atoms with van der Waals surface area (Å²) < 4.78 is 0. The molecule has 4 rings (SSSR count). The summed E-state index contributed by atoms with van der Waals surface area (Å²) in [4.78, 5) is 23.3. The van der Waals surface area contributed by atoms with Crippen molar-refractivity contribution in [3.63, 3.8) is 0 Å². The van der Waals surface area contributed by atoms with E-state index in [-0.39, 0.29) is 47.3 Å². The molecule has 4 fully saturated rings. The van der Waals surface area contributed by atoms with Crippen LogP contribution in [0.15, 0.2) is 0 Å². The Labute approximate surface area is 211 Å². The third-order valence-electron chi connectivity index (χ3n) is 11.7. The van der Waals surface area contributed by atoms with Crippen LogP contribution in [0.25, 0.3) is 0 Å². The molecule has 0 spiro atoms. The first-order valence-electron chi connectivity index (χ1n) is 14.3. The van der Waals surface area contributed by atoms with Crippen LogP contribution in [0.2, 0.25) is 0 Å². The predicted octanol–water partition coefficient (Wildman–Crippen LogP) is 4.48. The van der Waals surface area contributed by atoms with Crippen molar-refractivity contribution in [2.75, 3.05) is 6.54 Å². The molecule has 6 heteroatoms. The fourth-order valence-corrected chi connectivity index (χ4v) is 10.1. The molecule has 1 amide bonds. The highest BCUT2D eigenvalue weighted by Gasteiger charge is 2.64.